The monoisotopic (exact) mass is 265 g/mol. The third-order valence-corrected chi connectivity index (χ3v) is 4.48. The summed E-state index contributed by atoms with van der Waals surface area (Å²) >= 11 is 6.10. The highest BCUT2D eigenvalue weighted by atomic mass is 35.5. The van der Waals surface area contributed by atoms with Gasteiger partial charge in [0.15, 0.2) is 0 Å². The van der Waals surface area contributed by atoms with Crippen molar-refractivity contribution < 1.29 is 5.11 Å². The molecule has 1 aliphatic carbocycles. The van der Waals surface area contributed by atoms with Crippen molar-refractivity contribution in [3.63, 3.8) is 0 Å². The Morgan fingerprint density at radius 1 is 1.44 bits per heavy atom. The normalized spacial score (nSPS) is 28.1. The molecule has 18 heavy (non-hydrogen) atoms. The van der Waals surface area contributed by atoms with E-state index in [9.17, 15) is 5.11 Å². The second-order valence-electron chi connectivity index (χ2n) is 5.16. The van der Waals surface area contributed by atoms with Crippen LogP contribution in [0.15, 0.2) is 24.8 Å². The minimum Gasteiger partial charge on any atom is -0.393 e. The number of nitrogens with two attached hydrogens (primary N) is 1. The van der Waals surface area contributed by atoms with E-state index in [-0.39, 0.29) is 11.5 Å². The minimum absolute atomic E-state index is 0.0123. The van der Waals surface area contributed by atoms with Gasteiger partial charge in [0.25, 0.3) is 0 Å². The molecule has 3 heteroatoms. The second kappa shape index (κ2) is 5.43. The maximum Gasteiger partial charge on any atom is 0.0541 e. The van der Waals surface area contributed by atoms with Crippen LogP contribution in [0.3, 0.4) is 0 Å². The van der Waals surface area contributed by atoms with Gasteiger partial charge in [0.1, 0.15) is 0 Å². The third kappa shape index (κ3) is 2.46. The molecule has 1 aliphatic rings. The molecule has 1 fully saturated rings. The van der Waals surface area contributed by atoms with Crippen LogP contribution in [0.25, 0.3) is 6.08 Å². The first-order valence-corrected chi connectivity index (χ1v) is 6.80. The molecule has 2 rings (SSSR count). The lowest BCUT2D eigenvalue weighted by molar-refractivity contribution is 0.0974. The van der Waals surface area contributed by atoms with Gasteiger partial charge in [0.2, 0.25) is 0 Å². The summed E-state index contributed by atoms with van der Waals surface area (Å²) in [5.74, 6) is 0. The summed E-state index contributed by atoms with van der Waals surface area (Å²) in [4.78, 5) is 0. The van der Waals surface area contributed by atoms with E-state index in [4.69, 9.17) is 17.3 Å². The van der Waals surface area contributed by atoms with Gasteiger partial charge in [-0.1, -0.05) is 30.3 Å². The summed E-state index contributed by atoms with van der Waals surface area (Å²) in [5.41, 5.74) is 8.16. The van der Waals surface area contributed by atoms with E-state index < -0.39 is 0 Å². The lowest BCUT2D eigenvalue weighted by atomic mass is 9.68. The van der Waals surface area contributed by atoms with Gasteiger partial charge in [-0.05, 0) is 48.9 Å². The largest absolute Gasteiger partial charge is 0.393 e. The fourth-order valence-electron chi connectivity index (χ4n) is 2.80. The van der Waals surface area contributed by atoms with Gasteiger partial charge < -0.3 is 10.8 Å². The zero-order valence-electron chi connectivity index (χ0n) is 10.5. The topological polar surface area (TPSA) is 46.2 Å². The zero-order chi connectivity index (χ0) is 13.2. The highest BCUT2D eigenvalue weighted by Crippen LogP contribution is 2.39. The number of rotatable bonds is 3. The fraction of sp³-hybridized carbons (Fsp3) is 0.467. The molecule has 0 aromatic heterocycles. The van der Waals surface area contributed by atoms with Crippen molar-refractivity contribution in [2.24, 2.45) is 5.73 Å². The molecule has 0 unspecified atom stereocenters. The van der Waals surface area contributed by atoms with Crippen LogP contribution in [0.1, 0.15) is 36.8 Å². The van der Waals surface area contributed by atoms with Crippen LogP contribution in [-0.4, -0.2) is 17.8 Å². The van der Waals surface area contributed by atoms with Crippen molar-refractivity contribution in [3.8, 4) is 0 Å². The van der Waals surface area contributed by atoms with Crippen LogP contribution in [-0.2, 0) is 5.41 Å². The second-order valence-corrected chi connectivity index (χ2v) is 5.56. The summed E-state index contributed by atoms with van der Waals surface area (Å²) in [7, 11) is 0. The highest BCUT2D eigenvalue weighted by molar-refractivity contribution is 6.32. The smallest absolute Gasteiger partial charge is 0.0541 e. The summed E-state index contributed by atoms with van der Waals surface area (Å²) in [5, 5.41) is 10.4. The van der Waals surface area contributed by atoms with Crippen molar-refractivity contribution in [3.05, 3.63) is 40.9 Å². The lowest BCUT2D eigenvalue weighted by Gasteiger charge is -2.38. The predicted molar refractivity (Wildman–Crippen MR) is 76.8 cm³/mol. The maximum absolute atomic E-state index is 9.65. The predicted octanol–water partition coefficient (Wildman–Crippen LogP) is 3.11. The van der Waals surface area contributed by atoms with E-state index in [2.05, 4.69) is 18.7 Å². The van der Waals surface area contributed by atoms with Crippen LogP contribution in [0, 0.1) is 0 Å². The Morgan fingerprint density at radius 2 is 2.11 bits per heavy atom. The number of hydrogen-bond acceptors (Lipinski definition) is 2. The first-order valence-electron chi connectivity index (χ1n) is 6.42. The summed E-state index contributed by atoms with van der Waals surface area (Å²) < 4.78 is 0. The van der Waals surface area contributed by atoms with E-state index in [0.717, 1.165) is 36.3 Å². The van der Waals surface area contributed by atoms with E-state index in [1.165, 1.54) is 5.56 Å². The molecule has 3 N–H and O–H groups in total. The zero-order valence-corrected chi connectivity index (χ0v) is 11.3. The Morgan fingerprint density at radius 3 is 2.67 bits per heavy atom. The molecule has 1 saturated carbocycles. The van der Waals surface area contributed by atoms with E-state index in [1.807, 2.05) is 6.07 Å². The molecule has 98 valence electrons. The summed E-state index contributed by atoms with van der Waals surface area (Å²) in [6, 6.07) is 6.05. The van der Waals surface area contributed by atoms with Gasteiger partial charge in [-0.25, -0.2) is 0 Å². The Kier molecular flexibility index (Phi) is 4.10. The van der Waals surface area contributed by atoms with Crippen molar-refractivity contribution in [2.45, 2.75) is 37.2 Å². The molecule has 2 nitrogen and oxygen atoms in total. The highest BCUT2D eigenvalue weighted by Gasteiger charge is 2.35. The molecule has 1 aromatic carbocycles. The number of halogens is 1. The SMILES string of the molecule is C=Cc1cc(C2(CN)CCC(O)CC2)ccc1Cl. The molecular weight excluding hydrogens is 246 g/mol. The van der Waals surface area contributed by atoms with Crippen molar-refractivity contribution in [1.29, 1.82) is 0 Å². The van der Waals surface area contributed by atoms with Gasteiger partial charge in [-0.15, -0.1) is 0 Å². The molecule has 1 aromatic rings. The van der Waals surface area contributed by atoms with E-state index in [1.54, 1.807) is 6.08 Å². The Bertz CT molecular complexity index is 436. The minimum atomic E-state index is -0.171. The molecule has 0 radical (unpaired) electrons. The molecule has 0 saturated heterocycles. The molecule has 0 atom stereocenters. The standard InChI is InChI=1S/C15H20ClNO/c1-2-11-9-12(3-4-14(11)16)15(10-17)7-5-13(18)6-8-15/h2-4,9,13,18H,1,5-8,10,17H2. The summed E-state index contributed by atoms with van der Waals surface area (Å²) in [6.45, 7) is 4.39. The number of aliphatic hydroxyl groups is 1. The molecule has 0 bridgehead atoms. The van der Waals surface area contributed by atoms with Gasteiger partial charge in [-0.3, -0.25) is 0 Å². The molecule has 0 aliphatic heterocycles. The van der Waals surface area contributed by atoms with Crippen molar-refractivity contribution in [2.75, 3.05) is 6.54 Å². The van der Waals surface area contributed by atoms with Crippen molar-refractivity contribution in [1.82, 2.24) is 0 Å². The number of aliphatic hydroxyl groups excluding tert-OH is 1. The average Bonchev–Trinajstić information content (AvgIpc) is 2.41. The van der Waals surface area contributed by atoms with E-state index in [0.29, 0.717) is 6.54 Å². The van der Waals surface area contributed by atoms with Crippen LogP contribution in [0.4, 0.5) is 0 Å². The van der Waals surface area contributed by atoms with Gasteiger partial charge >= 0.3 is 0 Å². The Hall–Kier alpha value is -0.830. The maximum atomic E-state index is 9.65. The third-order valence-electron chi connectivity index (χ3n) is 4.13. The number of benzene rings is 1. The molecule has 0 amide bonds. The van der Waals surface area contributed by atoms with Gasteiger partial charge in [0.05, 0.1) is 6.10 Å². The Balaban J connectivity index is 2.35. The molecular formula is C15H20ClNO. The average molecular weight is 266 g/mol. The molecule has 0 spiro atoms. The number of hydrogen-bond donors (Lipinski definition) is 2. The molecule has 0 heterocycles. The van der Waals surface area contributed by atoms with Gasteiger partial charge in [-0.2, -0.15) is 0 Å². The lowest BCUT2D eigenvalue weighted by Crippen LogP contribution is -2.40. The fourth-order valence-corrected chi connectivity index (χ4v) is 2.99. The van der Waals surface area contributed by atoms with Crippen LogP contribution in [0.2, 0.25) is 5.02 Å². The first-order chi connectivity index (χ1) is 8.61. The van der Waals surface area contributed by atoms with Crippen LogP contribution >= 0.6 is 11.6 Å². The van der Waals surface area contributed by atoms with Crippen LogP contribution < -0.4 is 5.73 Å². The van der Waals surface area contributed by atoms with Gasteiger partial charge in [0, 0.05) is 17.0 Å². The van der Waals surface area contributed by atoms with Crippen LogP contribution in [0.5, 0.6) is 0 Å². The Labute approximate surface area is 113 Å². The van der Waals surface area contributed by atoms with E-state index >= 15 is 0 Å². The first kappa shape index (κ1) is 13.6. The van der Waals surface area contributed by atoms with Crippen molar-refractivity contribution >= 4 is 17.7 Å². The quantitative estimate of drug-likeness (QED) is 0.882. The summed E-state index contributed by atoms with van der Waals surface area (Å²) in [6.07, 6.45) is 5.11.